The van der Waals surface area contributed by atoms with Crippen molar-refractivity contribution < 1.29 is 33.2 Å². The van der Waals surface area contributed by atoms with Gasteiger partial charge in [0.05, 0.1) is 13.0 Å². The van der Waals surface area contributed by atoms with Crippen LogP contribution in [0.15, 0.2) is 0 Å². The van der Waals surface area contributed by atoms with Crippen molar-refractivity contribution in [2.75, 3.05) is 13.2 Å². The maximum atomic E-state index is 12.1. The molecule has 0 bridgehead atoms. The van der Waals surface area contributed by atoms with Gasteiger partial charge in [0, 0.05) is 12.0 Å². The first-order valence-corrected chi connectivity index (χ1v) is 8.52. The second kappa shape index (κ2) is 6.76. The van der Waals surface area contributed by atoms with Gasteiger partial charge in [0.15, 0.2) is 6.10 Å². The molecule has 1 heterocycles. The quantitative estimate of drug-likeness (QED) is 0.516. The number of hydrogen-bond donors (Lipinski definition) is 3. The normalized spacial score (nSPS) is 23.7. The Labute approximate surface area is 130 Å². The number of carbonyl (C=O) groups excluding carboxylic acids is 2. The van der Waals surface area contributed by atoms with Gasteiger partial charge in [-0.05, 0) is 20.8 Å². The van der Waals surface area contributed by atoms with E-state index in [-0.39, 0.29) is 19.6 Å². The Morgan fingerprint density at radius 2 is 1.95 bits per heavy atom. The number of nitrogens with one attached hydrogen (secondary N) is 1. The molecule has 8 nitrogen and oxygen atoms in total. The van der Waals surface area contributed by atoms with Crippen LogP contribution in [0.1, 0.15) is 41.0 Å². The monoisotopic (exact) mass is 338 g/mol. The fraction of sp³-hybridized carbons (Fsp3) is 0.846. The Morgan fingerprint density at radius 1 is 1.36 bits per heavy atom. The van der Waals surface area contributed by atoms with Gasteiger partial charge in [0.2, 0.25) is 5.91 Å². The van der Waals surface area contributed by atoms with Crippen LogP contribution in [0.5, 0.6) is 0 Å². The Hall–Kier alpha value is -0.790. The average Bonchev–Trinajstić information content (AvgIpc) is 2.30. The molecule has 0 aliphatic carbocycles. The third kappa shape index (κ3) is 6.14. The zero-order valence-electron chi connectivity index (χ0n) is 13.6. The van der Waals surface area contributed by atoms with Gasteiger partial charge in [-0.25, -0.2) is 0 Å². The molecule has 129 valence electrons. The summed E-state index contributed by atoms with van der Waals surface area (Å²) < 4.78 is 14.9. The lowest BCUT2D eigenvalue weighted by Crippen LogP contribution is -2.50. The van der Waals surface area contributed by atoms with Crippen molar-refractivity contribution in [3.63, 3.8) is 0 Å². The van der Waals surface area contributed by atoms with E-state index in [1.165, 1.54) is 0 Å². The van der Waals surface area contributed by atoms with Gasteiger partial charge in [-0.3, -0.25) is 18.6 Å². The fourth-order valence-corrected chi connectivity index (χ4v) is 3.03. The van der Waals surface area contributed by atoms with Crippen LogP contribution in [-0.2, 0) is 23.4 Å². The van der Waals surface area contributed by atoms with Crippen molar-refractivity contribution in [1.29, 1.82) is 0 Å². The highest BCUT2D eigenvalue weighted by atomic mass is 31.2. The lowest BCUT2D eigenvalue weighted by atomic mass is 9.87. The van der Waals surface area contributed by atoms with Crippen molar-refractivity contribution >= 4 is 20.0 Å². The van der Waals surface area contributed by atoms with Gasteiger partial charge >= 0.3 is 14.1 Å². The van der Waals surface area contributed by atoms with Gasteiger partial charge in [0.1, 0.15) is 5.60 Å². The second-order valence-corrected chi connectivity index (χ2v) is 8.32. The van der Waals surface area contributed by atoms with E-state index in [1.54, 1.807) is 34.6 Å². The predicted octanol–water partition coefficient (Wildman–Crippen LogP) is 0.938. The molecule has 0 saturated carbocycles. The molecule has 1 atom stereocenters. The van der Waals surface area contributed by atoms with Crippen molar-refractivity contribution in [3.8, 4) is 0 Å². The van der Waals surface area contributed by atoms with Crippen LogP contribution in [0.4, 0.5) is 0 Å². The molecule has 1 aliphatic rings. The number of hydrogen-bond acceptors (Lipinski definition) is 7. The third-order valence-electron chi connectivity index (χ3n) is 2.84. The van der Waals surface area contributed by atoms with E-state index in [0.717, 1.165) is 0 Å². The summed E-state index contributed by atoms with van der Waals surface area (Å²) >= 11 is 0. The van der Waals surface area contributed by atoms with Crippen LogP contribution < -0.4 is 5.32 Å². The summed E-state index contributed by atoms with van der Waals surface area (Å²) in [5, 5.41) is 2.54. The largest absolute Gasteiger partial charge is 0.460 e. The van der Waals surface area contributed by atoms with Crippen LogP contribution in [0, 0.1) is 5.41 Å². The summed E-state index contributed by atoms with van der Waals surface area (Å²) in [5.74, 6) is -0.949. The van der Waals surface area contributed by atoms with E-state index in [2.05, 4.69) is 5.32 Å². The molecule has 0 aromatic rings. The van der Waals surface area contributed by atoms with E-state index < -0.39 is 37.2 Å². The van der Waals surface area contributed by atoms with E-state index in [1.807, 2.05) is 0 Å². The van der Waals surface area contributed by atoms with E-state index in [4.69, 9.17) is 13.8 Å². The molecule has 0 aromatic heterocycles. The lowest BCUT2D eigenvalue weighted by molar-refractivity contribution is -0.154. The van der Waals surface area contributed by atoms with E-state index >= 15 is 0 Å². The Kier molecular flexibility index (Phi) is 5.92. The molecule has 1 amide bonds. The van der Waals surface area contributed by atoms with Gasteiger partial charge in [-0.1, -0.05) is 13.8 Å². The zero-order valence-corrected chi connectivity index (χ0v) is 14.5. The third-order valence-corrected chi connectivity index (χ3v) is 3.79. The smallest absolute Gasteiger partial charge is 0.375 e. The summed E-state index contributed by atoms with van der Waals surface area (Å²) in [6.45, 7) is 8.76. The highest BCUT2D eigenvalue weighted by molar-refractivity contribution is 7.54. The molecular weight excluding hydrogens is 313 g/mol. The average molecular weight is 338 g/mol. The SMILES string of the molecule is CC(C)(C)OC(=O)CCNC(=O)[C@@H]1O[P](O)(O)OCC1(C)C. The van der Waals surface area contributed by atoms with E-state index in [0.29, 0.717) is 0 Å². The second-order valence-electron chi connectivity index (χ2n) is 6.87. The van der Waals surface area contributed by atoms with E-state index in [9.17, 15) is 19.4 Å². The minimum Gasteiger partial charge on any atom is -0.460 e. The fourth-order valence-electron chi connectivity index (χ4n) is 1.81. The highest BCUT2D eigenvalue weighted by Crippen LogP contribution is 2.59. The number of carbonyl (C=O) groups is 2. The molecule has 0 spiro atoms. The summed E-state index contributed by atoms with van der Waals surface area (Å²) in [7, 11) is -3.96. The van der Waals surface area contributed by atoms with Crippen LogP contribution in [-0.4, -0.2) is 46.5 Å². The molecule has 1 fully saturated rings. The number of amides is 1. The van der Waals surface area contributed by atoms with Crippen LogP contribution >= 0.6 is 8.17 Å². The minimum absolute atomic E-state index is 0.0159. The van der Waals surface area contributed by atoms with Gasteiger partial charge in [0.25, 0.3) is 0 Å². The molecule has 1 saturated heterocycles. The summed E-state index contributed by atoms with van der Waals surface area (Å²) in [6.07, 6.45) is -1.05. The number of ether oxygens (including phenoxy) is 1. The maximum absolute atomic E-state index is 12.1. The van der Waals surface area contributed by atoms with Crippen LogP contribution in [0.2, 0.25) is 0 Å². The molecule has 1 radical (unpaired) electrons. The first kappa shape index (κ1) is 19.3. The van der Waals surface area contributed by atoms with Crippen LogP contribution in [0.25, 0.3) is 0 Å². The lowest BCUT2D eigenvalue weighted by Gasteiger charge is -2.42. The highest BCUT2D eigenvalue weighted by Gasteiger charge is 2.48. The first-order valence-electron chi connectivity index (χ1n) is 6.99. The molecule has 22 heavy (non-hydrogen) atoms. The van der Waals surface area contributed by atoms with Gasteiger partial charge < -0.3 is 19.8 Å². The molecular formula is C13H25NO7P. The maximum Gasteiger partial charge on any atom is 0.375 e. The molecule has 1 aliphatic heterocycles. The van der Waals surface area contributed by atoms with Gasteiger partial charge in [-0.2, -0.15) is 0 Å². The number of esters is 1. The topological polar surface area (TPSA) is 114 Å². The number of rotatable bonds is 4. The molecule has 0 aromatic carbocycles. The molecule has 1 rings (SSSR count). The van der Waals surface area contributed by atoms with Crippen molar-refractivity contribution in [2.24, 2.45) is 5.41 Å². The summed E-state index contributed by atoms with van der Waals surface area (Å²) in [5.41, 5.74) is -1.30. The van der Waals surface area contributed by atoms with Gasteiger partial charge in [-0.15, -0.1) is 0 Å². The Bertz CT molecular complexity index is 431. The Morgan fingerprint density at radius 3 is 2.50 bits per heavy atom. The van der Waals surface area contributed by atoms with Crippen molar-refractivity contribution in [3.05, 3.63) is 0 Å². The molecule has 3 N–H and O–H groups in total. The van der Waals surface area contributed by atoms with Crippen molar-refractivity contribution in [1.82, 2.24) is 5.32 Å². The van der Waals surface area contributed by atoms with Crippen LogP contribution in [0.3, 0.4) is 0 Å². The standard InChI is InChI=1S/C13H25NO7P/c1-12(2,3)20-9(15)6-7-14-11(16)10-13(4,5)8-19-22(17,18)21-10/h10,17-18H,6-8H2,1-5H3,(H,14,16)/t10-/m0/s1. The van der Waals surface area contributed by atoms with Crippen molar-refractivity contribution in [2.45, 2.75) is 52.7 Å². The summed E-state index contributed by atoms with van der Waals surface area (Å²) in [4.78, 5) is 42.5. The first-order chi connectivity index (χ1) is 9.82. The molecule has 9 heteroatoms. The Balaban J connectivity index is 2.49. The zero-order chi connectivity index (χ0) is 17.2. The molecule has 0 unspecified atom stereocenters. The predicted molar refractivity (Wildman–Crippen MR) is 79.4 cm³/mol. The minimum atomic E-state index is -3.96. The summed E-state index contributed by atoms with van der Waals surface area (Å²) in [6, 6.07) is 0.